The molecule has 1 aromatic carbocycles. The van der Waals surface area contributed by atoms with E-state index in [-0.39, 0.29) is 23.3 Å². The smallest absolute Gasteiger partial charge is 0.410 e. The average molecular weight is 451 g/mol. The fraction of sp³-hybridized carbons (Fsp3) is 0.682. The molecule has 0 radical (unpaired) electrons. The van der Waals surface area contributed by atoms with Crippen molar-refractivity contribution in [2.75, 3.05) is 58.4 Å². The number of amides is 1. The summed E-state index contributed by atoms with van der Waals surface area (Å²) in [4.78, 5) is 29.6. The highest BCUT2D eigenvalue weighted by atomic mass is 16.6. The maximum Gasteiger partial charge on any atom is 0.410 e. The van der Waals surface area contributed by atoms with Gasteiger partial charge in [0.05, 0.1) is 19.1 Å². The van der Waals surface area contributed by atoms with Gasteiger partial charge in [0.2, 0.25) is 11.5 Å². The lowest BCUT2D eigenvalue weighted by molar-refractivity contribution is -0.386. The van der Waals surface area contributed by atoms with E-state index in [1.807, 2.05) is 20.8 Å². The summed E-state index contributed by atoms with van der Waals surface area (Å²) in [6.07, 6.45) is 1.72. The maximum atomic E-state index is 12.3. The molecule has 0 atom stereocenters. The minimum absolute atomic E-state index is 0.156. The van der Waals surface area contributed by atoms with E-state index < -0.39 is 10.5 Å². The topological polar surface area (TPSA) is 97.6 Å². The van der Waals surface area contributed by atoms with Crippen LogP contribution in [0.25, 0.3) is 0 Å². The van der Waals surface area contributed by atoms with Gasteiger partial charge in [0.15, 0.2) is 0 Å². The van der Waals surface area contributed by atoms with Crippen molar-refractivity contribution in [3.05, 3.63) is 22.2 Å². The first kappa shape index (κ1) is 23.9. The molecule has 0 saturated carbocycles. The lowest BCUT2D eigenvalue weighted by Gasteiger charge is -2.43. The standard InChI is InChI=1S/C22H34N4O6/c1-22(2,3)32-21(27)25-12-10-24(11-13-25)16-6-8-23(9-7-16)17-14-18(30-4)20(26(28)29)19(15-17)31-5/h14-16H,6-13H2,1-5H3. The van der Waals surface area contributed by atoms with Crippen molar-refractivity contribution in [2.24, 2.45) is 0 Å². The number of hydrogen-bond acceptors (Lipinski definition) is 8. The number of methoxy groups -OCH3 is 2. The Morgan fingerprint density at radius 2 is 1.53 bits per heavy atom. The molecule has 1 aromatic rings. The lowest BCUT2D eigenvalue weighted by atomic mass is 10.0. The Hall–Kier alpha value is -2.75. The fourth-order valence-corrected chi connectivity index (χ4v) is 4.33. The van der Waals surface area contributed by atoms with Gasteiger partial charge in [-0.2, -0.15) is 0 Å². The van der Waals surface area contributed by atoms with Gasteiger partial charge in [0.1, 0.15) is 5.60 Å². The molecule has 0 aromatic heterocycles. The van der Waals surface area contributed by atoms with Gasteiger partial charge in [-0.25, -0.2) is 4.79 Å². The molecule has 0 unspecified atom stereocenters. The third-order valence-electron chi connectivity index (χ3n) is 5.96. The van der Waals surface area contributed by atoms with Crippen molar-refractivity contribution in [2.45, 2.75) is 45.3 Å². The predicted molar refractivity (Wildman–Crippen MR) is 121 cm³/mol. The zero-order chi connectivity index (χ0) is 23.5. The molecule has 2 heterocycles. The van der Waals surface area contributed by atoms with E-state index in [1.54, 1.807) is 17.0 Å². The minimum atomic E-state index is -0.482. The fourth-order valence-electron chi connectivity index (χ4n) is 4.33. The monoisotopic (exact) mass is 450 g/mol. The average Bonchev–Trinajstić information content (AvgIpc) is 2.77. The molecule has 2 aliphatic rings. The van der Waals surface area contributed by atoms with Crippen LogP contribution in [-0.4, -0.2) is 85.9 Å². The molecule has 10 heteroatoms. The Bertz CT molecular complexity index is 799. The van der Waals surface area contributed by atoms with Crippen molar-refractivity contribution < 1.29 is 23.9 Å². The predicted octanol–water partition coefficient (Wildman–Crippen LogP) is 3.13. The van der Waals surface area contributed by atoms with Gasteiger partial charge < -0.3 is 24.0 Å². The number of hydrogen-bond donors (Lipinski definition) is 0. The second-order valence-corrected chi connectivity index (χ2v) is 9.18. The molecular weight excluding hydrogens is 416 g/mol. The van der Waals surface area contributed by atoms with Gasteiger partial charge >= 0.3 is 11.8 Å². The van der Waals surface area contributed by atoms with Crippen LogP contribution in [0.15, 0.2) is 12.1 Å². The number of piperazine rings is 1. The number of nitro groups is 1. The van der Waals surface area contributed by atoms with E-state index in [0.717, 1.165) is 44.7 Å². The summed E-state index contributed by atoms with van der Waals surface area (Å²) >= 11 is 0. The molecular formula is C22H34N4O6. The molecule has 3 rings (SSSR count). The first-order valence-electron chi connectivity index (χ1n) is 11.0. The number of carbonyl (C=O) groups is 1. The molecule has 2 saturated heterocycles. The van der Waals surface area contributed by atoms with Crippen LogP contribution in [-0.2, 0) is 4.74 Å². The van der Waals surface area contributed by atoms with Gasteiger partial charge in [-0.05, 0) is 33.6 Å². The third-order valence-corrected chi connectivity index (χ3v) is 5.96. The van der Waals surface area contributed by atoms with Crippen molar-refractivity contribution in [3.8, 4) is 11.5 Å². The first-order valence-corrected chi connectivity index (χ1v) is 11.0. The molecule has 0 aliphatic carbocycles. The van der Waals surface area contributed by atoms with E-state index in [2.05, 4.69) is 9.80 Å². The highest BCUT2D eigenvalue weighted by Gasteiger charge is 2.32. The number of piperidine rings is 1. The minimum Gasteiger partial charge on any atom is -0.490 e. The number of ether oxygens (including phenoxy) is 3. The second kappa shape index (κ2) is 9.81. The number of anilines is 1. The highest BCUT2D eigenvalue weighted by Crippen LogP contribution is 2.41. The summed E-state index contributed by atoms with van der Waals surface area (Å²) in [6.45, 7) is 10.3. The number of rotatable bonds is 5. The van der Waals surface area contributed by atoms with Crippen molar-refractivity contribution >= 4 is 17.5 Å². The van der Waals surface area contributed by atoms with Crippen LogP contribution in [0.3, 0.4) is 0 Å². The van der Waals surface area contributed by atoms with Crippen molar-refractivity contribution in [3.63, 3.8) is 0 Å². The number of nitrogens with zero attached hydrogens (tertiary/aromatic N) is 4. The van der Waals surface area contributed by atoms with Crippen molar-refractivity contribution in [1.82, 2.24) is 9.80 Å². The van der Waals surface area contributed by atoms with Gasteiger partial charge in [0, 0.05) is 63.1 Å². The van der Waals surface area contributed by atoms with Gasteiger partial charge in [-0.1, -0.05) is 0 Å². The molecule has 2 aliphatic heterocycles. The quantitative estimate of drug-likeness (QED) is 0.499. The van der Waals surface area contributed by atoms with Crippen LogP contribution in [0.2, 0.25) is 0 Å². The van der Waals surface area contributed by atoms with Gasteiger partial charge in [0.25, 0.3) is 0 Å². The molecule has 1 amide bonds. The Labute approximate surface area is 189 Å². The summed E-state index contributed by atoms with van der Waals surface area (Å²) in [5.74, 6) is 0.398. The second-order valence-electron chi connectivity index (χ2n) is 9.18. The van der Waals surface area contributed by atoms with Crippen LogP contribution in [0.1, 0.15) is 33.6 Å². The van der Waals surface area contributed by atoms with E-state index in [1.165, 1.54) is 14.2 Å². The van der Waals surface area contributed by atoms with Gasteiger partial charge in [-0.3, -0.25) is 15.0 Å². The highest BCUT2D eigenvalue weighted by molar-refractivity contribution is 5.68. The summed E-state index contributed by atoms with van der Waals surface area (Å²) in [5, 5.41) is 11.4. The molecule has 178 valence electrons. The normalized spacial score (nSPS) is 18.4. The Morgan fingerprint density at radius 3 is 1.97 bits per heavy atom. The molecule has 0 bridgehead atoms. The van der Waals surface area contributed by atoms with Crippen LogP contribution < -0.4 is 14.4 Å². The summed E-state index contributed by atoms with van der Waals surface area (Å²) in [6, 6.07) is 3.87. The number of nitro benzene ring substituents is 1. The van der Waals surface area contributed by atoms with Crippen LogP contribution >= 0.6 is 0 Å². The van der Waals surface area contributed by atoms with Crippen LogP contribution in [0.5, 0.6) is 11.5 Å². The van der Waals surface area contributed by atoms with E-state index in [4.69, 9.17) is 14.2 Å². The SMILES string of the molecule is COc1cc(N2CCC(N3CCN(C(=O)OC(C)(C)C)CC3)CC2)cc(OC)c1[N+](=O)[O-]. The lowest BCUT2D eigenvalue weighted by Crippen LogP contribution is -2.55. The molecule has 32 heavy (non-hydrogen) atoms. The molecule has 0 spiro atoms. The summed E-state index contributed by atoms with van der Waals surface area (Å²) in [7, 11) is 2.85. The Balaban J connectivity index is 1.57. The largest absolute Gasteiger partial charge is 0.490 e. The Morgan fingerprint density at radius 1 is 1.00 bits per heavy atom. The summed E-state index contributed by atoms with van der Waals surface area (Å²) < 4.78 is 16.0. The van der Waals surface area contributed by atoms with Crippen LogP contribution in [0, 0.1) is 10.1 Å². The molecule has 0 N–H and O–H groups in total. The van der Waals surface area contributed by atoms with E-state index in [0.29, 0.717) is 19.1 Å². The van der Waals surface area contributed by atoms with E-state index >= 15 is 0 Å². The van der Waals surface area contributed by atoms with Crippen LogP contribution in [0.4, 0.5) is 16.2 Å². The number of benzene rings is 1. The summed E-state index contributed by atoms with van der Waals surface area (Å²) in [5.41, 5.74) is 0.221. The molecule has 2 fully saturated rings. The third kappa shape index (κ3) is 5.53. The van der Waals surface area contributed by atoms with E-state index in [9.17, 15) is 14.9 Å². The zero-order valence-electron chi connectivity index (χ0n) is 19.6. The maximum absolute atomic E-state index is 12.3. The number of carbonyl (C=O) groups excluding carboxylic acids is 1. The zero-order valence-corrected chi connectivity index (χ0v) is 19.6. The Kier molecular flexibility index (Phi) is 7.33. The first-order chi connectivity index (χ1) is 15.1. The van der Waals surface area contributed by atoms with Crippen molar-refractivity contribution in [1.29, 1.82) is 0 Å². The van der Waals surface area contributed by atoms with Gasteiger partial charge in [-0.15, -0.1) is 0 Å². The molecule has 10 nitrogen and oxygen atoms in total.